The van der Waals surface area contributed by atoms with Gasteiger partial charge in [0.25, 0.3) is 5.91 Å². The number of imidazole rings is 1. The van der Waals surface area contributed by atoms with Crippen molar-refractivity contribution in [2.75, 3.05) is 11.9 Å². The molecule has 1 aromatic carbocycles. The van der Waals surface area contributed by atoms with E-state index < -0.39 is 0 Å². The quantitative estimate of drug-likeness (QED) is 0.501. The molecule has 0 atom stereocenters. The molecule has 0 spiro atoms. The van der Waals surface area contributed by atoms with Crippen LogP contribution >= 0.6 is 0 Å². The van der Waals surface area contributed by atoms with Gasteiger partial charge >= 0.3 is 0 Å². The van der Waals surface area contributed by atoms with Crippen LogP contribution in [0.25, 0.3) is 22.8 Å². The highest BCUT2D eigenvalue weighted by atomic mass is 16.5. The first-order valence-corrected chi connectivity index (χ1v) is 10.3. The third-order valence-corrected chi connectivity index (χ3v) is 5.17. The van der Waals surface area contributed by atoms with E-state index in [2.05, 4.69) is 24.8 Å². The highest BCUT2D eigenvalue weighted by Crippen LogP contribution is 2.27. The number of amides is 1. The molecule has 7 heteroatoms. The van der Waals surface area contributed by atoms with Crippen LogP contribution in [-0.4, -0.2) is 32.0 Å². The van der Waals surface area contributed by atoms with Crippen LogP contribution in [0.2, 0.25) is 0 Å². The van der Waals surface area contributed by atoms with Crippen molar-refractivity contribution in [3.05, 3.63) is 78.8 Å². The molecule has 4 aromatic rings. The maximum Gasteiger partial charge on any atom is 0.260 e. The first-order chi connectivity index (χ1) is 15.3. The number of carbonyl (C=O) groups excluding carboxylic acids is 1. The lowest BCUT2D eigenvalue weighted by Gasteiger charge is -2.15. The molecular weight excluding hydrogens is 390 g/mol. The molecule has 154 valence electrons. The zero-order valence-corrected chi connectivity index (χ0v) is 16.9. The second kappa shape index (κ2) is 8.39. The Morgan fingerprint density at radius 2 is 1.87 bits per heavy atom. The fourth-order valence-corrected chi connectivity index (χ4v) is 3.63. The van der Waals surface area contributed by atoms with Crippen molar-refractivity contribution in [3.8, 4) is 28.5 Å². The van der Waals surface area contributed by atoms with Gasteiger partial charge in [-0.15, -0.1) is 0 Å². The van der Waals surface area contributed by atoms with Crippen LogP contribution in [0.3, 0.4) is 0 Å². The van der Waals surface area contributed by atoms with Crippen LogP contribution in [-0.2, 0) is 6.54 Å². The van der Waals surface area contributed by atoms with Crippen LogP contribution in [0.5, 0.6) is 5.75 Å². The summed E-state index contributed by atoms with van der Waals surface area (Å²) in [6.07, 6.45) is 7.23. The van der Waals surface area contributed by atoms with Crippen LogP contribution in [0.15, 0.2) is 73.2 Å². The smallest absolute Gasteiger partial charge is 0.260 e. The molecular formula is C24H21N5O2. The van der Waals surface area contributed by atoms with Gasteiger partial charge in [-0.25, -0.2) is 9.97 Å². The number of nitrogens with one attached hydrogen (secondary N) is 1. The first-order valence-electron chi connectivity index (χ1n) is 10.3. The SMILES string of the molecule is O=C1Nc2cccc(n2)-c2nccn2CCCCOc2ccc(-c3ccccn3)cc21. The molecule has 1 amide bonds. The van der Waals surface area contributed by atoms with Gasteiger partial charge in [-0.05, 0) is 55.3 Å². The Labute approximate surface area is 179 Å². The minimum atomic E-state index is -0.280. The molecule has 4 heterocycles. The summed E-state index contributed by atoms with van der Waals surface area (Å²) in [4.78, 5) is 26.6. The molecule has 0 fully saturated rings. The zero-order chi connectivity index (χ0) is 21.0. The average Bonchev–Trinajstić information content (AvgIpc) is 3.28. The second-order valence-electron chi connectivity index (χ2n) is 7.29. The molecule has 1 aliphatic heterocycles. The summed E-state index contributed by atoms with van der Waals surface area (Å²) in [5.41, 5.74) is 2.82. The number of anilines is 1. The molecule has 0 saturated heterocycles. The van der Waals surface area contributed by atoms with Crippen molar-refractivity contribution in [1.29, 1.82) is 0 Å². The van der Waals surface area contributed by atoms with E-state index in [1.807, 2.05) is 54.7 Å². The van der Waals surface area contributed by atoms with Crippen molar-refractivity contribution in [2.24, 2.45) is 0 Å². The van der Waals surface area contributed by atoms with Crippen molar-refractivity contribution < 1.29 is 9.53 Å². The Kier molecular flexibility index (Phi) is 5.14. The third-order valence-electron chi connectivity index (χ3n) is 5.17. The number of aromatic nitrogens is 4. The molecule has 1 N–H and O–H groups in total. The number of ether oxygens (including phenoxy) is 1. The van der Waals surface area contributed by atoms with E-state index in [-0.39, 0.29) is 5.91 Å². The molecule has 3 aromatic heterocycles. The summed E-state index contributed by atoms with van der Waals surface area (Å²) in [5, 5.41) is 2.91. The van der Waals surface area contributed by atoms with Gasteiger partial charge in [-0.1, -0.05) is 12.1 Å². The minimum Gasteiger partial charge on any atom is -0.493 e. The Hall–Kier alpha value is -4.00. The highest BCUT2D eigenvalue weighted by molar-refractivity contribution is 6.06. The molecule has 0 radical (unpaired) electrons. The molecule has 0 unspecified atom stereocenters. The Bertz CT molecular complexity index is 1220. The number of benzene rings is 1. The van der Waals surface area contributed by atoms with Crippen molar-refractivity contribution >= 4 is 11.7 Å². The van der Waals surface area contributed by atoms with Gasteiger partial charge in [-0.3, -0.25) is 9.78 Å². The average molecular weight is 411 g/mol. The minimum absolute atomic E-state index is 0.280. The van der Waals surface area contributed by atoms with Crippen LogP contribution in [0.4, 0.5) is 5.82 Å². The highest BCUT2D eigenvalue weighted by Gasteiger charge is 2.17. The van der Waals surface area contributed by atoms with E-state index in [1.165, 1.54) is 0 Å². The number of hydrogen-bond donors (Lipinski definition) is 1. The monoisotopic (exact) mass is 411 g/mol. The fraction of sp³-hybridized carbons (Fsp3) is 0.167. The standard InChI is InChI=1S/C24H21N5O2/c30-24-18-16-17(19-6-1-2-11-25-19)9-10-21(18)31-15-4-3-13-29-14-12-26-23(29)20-7-5-8-22(27-20)28-24/h1-2,5-12,14,16H,3-4,13,15H2,(H,27,28,30). The van der Waals surface area contributed by atoms with Crippen molar-refractivity contribution in [1.82, 2.24) is 19.5 Å². The van der Waals surface area contributed by atoms with Crippen molar-refractivity contribution in [3.63, 3.8) is 0 Å². The summed E-state index contributed by atoms with van der Waals surface area (Å²) in [6.45, 7) is 1.35. The number of carbonyl (C=O) groups is 1. The van der Waals surface area contributed by atoms with E-state index in [1.54, 1.807) is 18.5 Å². The van der Waals surface area contributed by atoms with Gasteiger partial charge < -0.3 is 14.6 Å². The van der Waals surface area contributed by atoms with Gasteiger partial charge in [-0.2, -0.15) is 0 Å². The molecule has 1 aliphatic rings. The summed E-state index contributed by atoms with van der Waals surface area (Å²) < 4.78 is 8.07. The molecule has 5 rings (SSSR count). The largest absolute Gasteiger partial charge is 0.493 e. The lowest BCUT2D eigenvalue weighted by atomic mass is 10.1. The zero-order valence-electron chi connectivity index (χ0n) is 16.9. The molecule has 0 saturated carbocycles. The van der Waals surface area contributed by atoms with Crippen LogP contribution < -0.4 is 10.1 Å². The molecule has 0 aliphatic carbocycles. The predicted octanol–water partition coefficient (Wildman–Crippen LogP) is 4.43. The maximum absolute atomic E-state index is 13.2. The van der Waals surface area contributed by atoms with E-state index >= 15 is 0 Å². The number of nitrogens with zero attached hydrogens (tertiary/aromatic N) is 4. The Morgan fingerprint density at radius 3 is 2.77 bits per heavy atom. The molecule has 31 heavy (non-hydrogen) atoms. The van der Waals surface area contributed by atoms with E-state index in [9.17, 15) is 4.79 Å². The van der Waals surface area contributed by atoms with Crippen LogP contribution in [0.1, 0.15) is 23.2 Å². The maximum atomic E-state index is 13.2. The Morgan fingerprint density at radius 1 is 0.935 bits per heavy atom. The van der Waals surface area contributed by atoms with Gasteiger partial charge in [0.15, 0.2) is 5.82 Å². The first kappa shape index (κ1) is 19.0. The van der Waals surface area contributed by atoms with Gasteiger partial charge in [0.1, 0.15) is 17.3 Å². The Balaban J connectivity index is 1.54. The molecule has 7 nitrogen and oxygen atoms in total. The van der Waals surface area contributed by atoms with Gasteiger partial charge in [0.05, 0.1) is 17.9 Å². The number of fused-ring (bicyclic) bond motifs is 5. The normalized spacial score (nSPS) is 13.9. The summed E-state index contributed by atoms with van der Waals surface area (Å²) >= 11 is 0. The summed E-state index contributed by atoms with van der Waals surface area (Å²) in [7, 11) is 0. The third kappa shape index (κ3) is 4.02. The van der Waals surface area contributed by atoms with Crippen LogP contribution in [0, 0.1) is 0 Å². The number of pyridine rings is 2. The number of rotatable bonds is 1. The summed E-state index contributed by atoms with van der Waals surface area (Å²) in [5.74, 6) is 1.52. The topological polar surface area (TPSA) is 81.9 Å². The second-order valence-corrected chi connectivity index (χ2v) is 7.29. The lowest BCUT2D eigenvalue weighted by Crippen LogP contribution is -2.16. The number of hydrogen-bond acceptors (Lipinski definition) is 5. The van der Waals surface area contributed by atoms with Crippen molar-refractivity contribution in [2.45, 2.75) is 19.4 Å². The van der Waals surface area contributed by atoms with Gasteiger partial charge in [0, 0.05) is 30.7 Å². The fourth-order valence-electron chi connectivity index (χ4n) is 3.63. The van der Waals surface area contributed by atoms with E-state index in [0.717, 1.165) is 42.2 Å². The number of aryl methyl sites for hydroxylation is 1. The molecule has 2 bridgehead atoms. The predicted molar refractivity (Wildman–Crippen MR) is 118 cm³/mol. The lowest BCUT2D eigenvalue weighted by molar-refractivity contribution is 0.102. The van der Waals surface area contributed by atoms with Gasteiger partial charge in [0.2, 0.25) is 0 Å². The summed E-state index contributed by atoms with van der Waals surface area (Å²) in [6, 6.07) is 16.8. The van der Waals surface area contributed by atoms with E-state index in [4.69, 9.17) is 4.74 Å². The van der Waals surface area contributed by atoms with E-state index in [0.29, 0.717) is 23.7 Å².